The SMILES string of the molecule is CC[C@H](C(=O)N[C@@H](C)CC)N(Cc1c(Cl)cccc1Cl)C(=O)COc1cc(C)c(Br)c(C)c1. The summed E-state index contributed by atoms with van der Waals surface area (Å²) in [5.74, 6) is 0.0588. The molecule has 0 unspecified atom stereocenters. The van der Waals surface area contributed by atoms with Gasteiger partial charge in [-0.2, -0.15) is 0 Å². The van der Waals surface area contributed by atoms with E-state index in [1.165, 1.54) is 4.90 Å². The number of halogens is 3. The number of rotatable bonds is 10. The predicted molar refractivity (Wildman–Crippen MR) is 138 cm³/mol. The van der Waals surface area contributed by atoms with Crippen molar-refractivity contribution in [3.05, 3.63) is 61.5 Å². The second-order valence-electron chi connectivity index (χ2n) is 8.12. The molecule has 0 fully saturated rings. The molecule has 2 atom stereocenters. The summed E-state index contributed by atoms with van der Waals surface area (Å²) < 4.78 is 6.83. The highest BCUT2D eigenvalue weighted by atomic mass is 79.9. The van der Waals surface area contributed by atoms with E-state index in [0.29, 0.717) is 27.8 Å². The number of hydrogen-bond donors (Lipinski definition) is 1. The van der Waals surface area contributed by atoms with Crippen LogP contribution >= 0.6 is 39.1 Å². The molecule has 0 bridgehead atoms. The fourth-order valence-corrected chi connectivity index (χ4v) is 4.18. The number of carbonyl (C=O) groups is 2. The third-order valence-corrected chi connectivity index (χ3v) is 7.51. The van der Waals surface area contributed by atoms with Gasteiger partial charge in [-0.05, 0) is 69.0 Å². The normalized spacial score (nSPS) is 12.7. The molecule has 0 aliphatic rings. The molecule has 2 aromatic carbocycles. The van der Waals surface area contributed by atoms with Crippen molar-refractivity contribution >= 4 is 50.9 Å². The van der Waals surface area contributed by atoms with E-state index in [1.54, 1.807) is 18.2 Å². The number of nitrogens with one attached hydrogen (secondary N) is 1. The lowest BCUT2D eigenvalue weighted by Gasteiger charge is -2.32. The number of nitrogens with zero attached hydrogens (tertiary/aromatic N) is 1. The molecule has 2 amide bonds. The summed E-state index contributed by atoms with van der Waals surface area (Å²) in [5.41, 5.74) is 2.62. The van der Waals surface area contributed by atoms with E-state index >= 15 is 0 Å². The Morgan fingerprint density at radius 3 is 2.18 bits per heavy atom. The van der Waals surface area contributed by atoms with Crippen molar-refractivity contribution in [1.29, 1.82) is 0 Å². The largest absolute Gasteiger partial charge is 0.484 e. The Kier molecular flexibility index (Phi) is 10.5. The summed E-state index contributed by atoms with van der Waals surface area (Å²) >= 11 is 16.3. The fraction of sp³-hybridized carbons (Fsp3) is 0.440. The third-order valence-electron chi connectivity index (χ3n) is 5.55. The average molecular weight is 558 g/mol. The molecule has 33 heavy (non-hydrogen) atoms. The summed E-state index contributed by atoms with van der Waals surface area (Å²) in [6.45, 7) is 9.61. The first-order valence-corrected chi connectivity index (χ1v) is 12.6. The van der Waals surface area contributed by atoms with Crippen LogP contribution in [0.25, 0.3) is 0 Å². The lowest BCUT2D eigenvalue weighted by Crippen LogP contribution is -2.51. The summed E-state index contributed by atoms with van der Waals surface area (Å²) in [5, 5.41) is 3.87. The quantitative estimate of drug-likeness (QED) is 0.364. The van der Waals surface area contributed by atoms with Gasteiger partial charge in [0.25, 0.3) is 5.91 Å². The molecule has 0 heterocycles. The highest BCUT2D eigenvalue weighted by Gasteiger charge is 2.30. The van der Waals surface area contributed by atoms with Crippen LogP contribution in [0.15, 0.2) is 34.8 Å². The zero-order valence-electron chi connectivity index (χ0n) is 19.7. The minimum Gasteiger partial charge on any atom is -0.484 e. The van der Waals surface area contributed by atoms with E-state index in [9.17, 15) is 9.59 Å². The second kappa shape index (κ2) is 12.6. The monoisotopic (exact) mass is 556 g/mol. The molecule has 5 nitrogen and oxygen atoms in total. The minimum atomic E-state index is -0.684. The van der Waals surface area contributed by atoms with E-state index in [-0.39, 0.29) is 31.0 Å². The number of hydrogen-bond acceptors (Lipinski definition) is 3. The zero-order chi connectivity index (χ0) is 24.7. The van der Waals surface area contributed by atoms with E-state index in [1.807, 2.05) is 46.8 Å². The molecule has 0 aliphatic carbocycles. The molecule has 0 spiro atoms. The number of ether oxygens (including phenoxy) is 1. The van der Waals surface area contributed by atoms with E-state index in [0.717, 1.165) is 22.0 Å². The molecule has 0 aliphatic heterocycles. The van der Waals surface area contributed by atoms with Gasteiger partial charge in [0.05, 0.1) is 0 Å². The first kappa shape index (κ1) is 27.5. The zero-order valence-corrected chi connectivity index (χ0v) is 22.8. The van der Waals surface area contributed by atoms with Crippen LogP contribution in [-0.2, 0) is 16.1 Å². The van der Waals surface area contributed by atoms with Gasteiger partial charge in [-0.25, -0.2) is 0 Å². The first-order valence-electron chi connectivity index (χ1n) is 11.0. The Morgan fingerprint density at radius 1 is 1.09 bits per heavy atom. The minimum absolute atomic E-state index is 0.00244. The molecule has 0 aromatic heterocycles. The van der Waals surface area contributed by atoms with Crippen LogP contribution in [0.3, 0.4) is 0 Å². The van der Waals surface area contributed by atoms with E-state index in [4.69, 9.17) is 27.9 Å². The second-order valence-corrected chi connectivity index (χ2v) is 9.73. The number of benzene rings is 2. The maximum Gasteiger partial charge on any atom is 0.261 e. The molecular formula is C25H31BrCl2N2O3. The van der Waals surface area contributed by atoms with Crippen molar-refractivity contribution in [3.63, 3.8) is 0 Å². The van der Waals surface area contributed by atoms with Gasteiger partial charge < -0.3 is 15.0 Å². The Balaban J connectivity index is 2.32. The van der Waals surface area contributed by atoms with Gasteiger partial charge >= 0.3 is 0 Å². The molecule has 2 rings (SSSR count). The van der Waals surface area contributed by atoms with Crippen molar-refractivity contribution in [3.8, 4) is 5.75 Å². The Hall–Kier alpha value is -1.76. The lowest BCUT2D eigenvalue weighted by molar-refractivity contribution is -0.143. The molecular weight excluding hydrogens is 527 g/mol. The van der Waals surface area contributed by atoms with Gasteiger partial charge in [0.15, 0.2) is 6.61 Å². The summed E-state index contributed by atoms with van der Waals surface area (Å²) in [7, 11) is 0. The first-order chi connectivity index (χ1) is 15.6. The maximum absolute atomic E-state index is 13.4. The van der Waals surface area contributed by atoms with Crippen LogP contribution in [0, 0.1) is 13.8 Å². The number of carbonyl (C=O) groups excluding carboxylic acids is 2. The topological polar surface area (TPSA) is 58.6 Å². The van der Waals surface area contributed by atoms with Gasteiger partial charge in [-0.15, -0.1) is 0 Å². The van der Waals surface area contributed by atoms with Crippen LogP contribution in [-0.4, -0.2) is 35.4 Å². The van der Waals surface area contributed by atoms with Gasteiger partial charge in [-0.3, -0.25) is 9.59 Å². The third kappa shape index (κ3) is 7.36. The van der Waals surface area contributed by atoms with Crippen molar-refractivity contribution in [2.45, 2.75) is 66.1 Å². The number of aryl methyl sites for hydroxylation is 2. The van der Waals surface area contributed by atoms with Gasteiger partial charge in [0, 0.05) is 32.7 Å². The van der Waals surface area contributed by atoms with Gasteiger partial charge in [-0.1, -0.05) is 59.0 Å². The molecule has 0 saturated heterocycles. The smallest absolute Gasteiger partial charge is 0.261 e. The molecule has 0 radical (unpaired) electrons. The predicted octanol–water partition coefficient (Wildman–Crippen LogP) is 6.47. The standard InChI is InChI=1S/C25H31BrCl2N2O3/c1-6-17(5)29-25(32)22(7-2)30(13-19-20(27)9-8-10-21(19)28)23(31)14-33-18-11-15(3)24(26)16(4)12-18/h8-12,17,22H,6-7,13-14H2,1-5H3,(H,29,32)/t17-,22+/m0/s1. The van der Waals surface area contributed by atoms with Crippen molar-refractivity contribution in [1.82, 2.24) is 10.2 Å². The molecule has 1 N–H and O–H groups in total. The lowest BCUT2D eigenvalue weighted by atomic mass is 10.1. The Labute approximate surface area is 214 Å². The summed E-state index contributed by atoms with van der Waals surface area (Å²) in [4.78, 5) is 27.9. The van der Waals surface area contributed by atoms with Crippen molar-refractivity contribution in [2.24, 2.45) is 0 Å². The summed E-state index contributed by atoms with van der Waals surface area (Å²) in [6.07, 6.45) is 1.23. The Morgan fingerprint density at radius 2 is 1.67 bits per heavy atom. The molecule has 8 heteroatoms. The highest BCUT2D eigenvalue weighted by molar-refractivity contribution is 9.10. The van der Waals surface area contributed by atoms with Gasteiger partial charge in [0.2, 0.25) is 5.91 Å². The van der Waals surface area contributed by atoms with Gasteiger partial charge in [0.1, 0.15) is 11.8 Å². The highest BCUT2D eigenvalue weighted by Crippen LogP contribution is 2.28. The van der Waals surface area contributed by atoms with E-state index < -0.39 is 6.04 Å². The number of amides is 2. The average Bonchev–Trinajstić information content (AvgIpc) is 2.77. The fourth-order valence-electron chi connectivity index (χ4n) is 3.43. The van der Waals surface area contributed by atoms with E-state index in [2.05, 4.69) is 21.2 Å². The Bertz CT molecular complexity index is 956. The summed E-state index contributed by atoms with van der Waals surface area (Å²) in [6, 6.07) is 8.23. The van der Waals surface area contributed by atoms with Crippen LogP contribution in [0.1, 0.15) is 50.3 Å². The molecule has 0 saturated carbocycles. The molecule has 180 valence electrons. The molecule has 2 aromatic rings. The van der Waals surface area contributed by atoms with Crippen LogP contribution in [0.2, 0.25) is 10.0 Å². The van der Waals surface area contributed by atoms with Crippen LogP contribution in [0.5, 0.6) is 5.75 Å². The van der Waals surface area contributed by atoms with Crippen LogP contribution in [0.4, 0.5) is 0 Å². The maximum atomic E-state index is 13.4. The van der Waals surface area contributed by atoms with Crippen LogP contribution < -0.4 is 10.1 Å². The van der Waals surface area contributed by atoms with Crippen molar-refractivity contribution in [2.75, 3.05) is 6.61 Å². The van der Waals surface area contributed by atoms with Crippen molar-refractivity contribution < 1.29 is 14.3 Å².